The van der Waals surface area contributed by atoms with E-state index < -0.39 is 23.8 Å². The quantitative estimate of drug-likeness (QED) is 0.139. The van der Waals surface area contributed by atoms with E-state index in [2.05, 4.69) is 15.6 Å². The van der Waals surface area contributed by atoms with E-state index in [9.17, 15) is 14.4 Å². The molecule has 0 saturated carbocycles. The summed E-state index contributed by atoms with van der Waals surface area (Å²) in [6.07, 6.45) is 5.05. The molecule has 0 bridgehead atoms. The van der Waals surface area contributed by atoms with Crippen molar-refractivity contribution in [2.75, 3.05) is 12.1 Å². The highest BCUT2D eigenvalue weighted by Crippen LogP contribution is 2.32. The summed E-state index contributed by atoms with van der Waals surface area (Å²) in [7, 11) is 0. The summed E-state index contributed by atoms with van der Waals surface area (Å²) in [6, 6.07) is 18.1. The SMILES string of the molecule is O=C(/C=C/c1ccc2c(c1)OCO2)N[C@@H](Cc1c[nH]c2ccccc12)C(=O)Nc1ccc(C(=O)NO)cc1. The first-order chi connectivity index (χ1) is 18.5. The van der Waals surface area contributed by atoms with Gasteiger partial charge in [-0.25, -0.2) is 5.48 Å². The van der Waals surface area contributed by atoms with E-state index in [4.69, 9.17) is 14.7 Å². The lowest BCUT2D eigenvalue weighted by Gasteiger charge is -2.18. The summed E-state index contributed by atoms with van der Waals surface area (Å²) in [5, 5.41) is 15.3. The molecule has 3 aromatic carbocycles. The number of anilines is 1. The Morgan fingerprint density at radius 1 is 1.00 bits per heavy atom. The molecule has 0 aliphatic carbocycles. The Balaban J connectivity index is 1.33. The second-order valence-electron chi connectivity index (χ2n) is 8.58. The number of hydrogen-bond acceptors (Lipinski definition) is 6. The Morgan fingerprint density at radius 3 is 2.61 bits per heavy atom. The first-order valence-corrected chi connectivity index (χ1v) is 11.8. The van der Waals surface area contributed by atoms with Crippen molar-refractivity contribution in [3.05, 3.63) is 95.7 Å². The predicted octanol–water partition coefficient (Wildman–Crippen LogP) is 3.40. The molecular formula is C28H24N4O6. The zero-order valence-electron chi connectivity index (χ0n) is 20.1. The Morgan fingerprint density at radius 2 is 1.79 bits per heavy atom. The zero-order chi connectivity index (χ0) is 26.5. The van der Waals surface area contributed by atoms with Gasteiger partial charge in [0, 0.05) is 40.8 Å². The normalized spacial score (nSPS) is 12.9. The molecule has 1 atom stereocenters. The number of rotatable bonds is 8. The molecule has 5 N–H and O–H groups in total. The van der Waals surface area contributed by atoms with Crippen molar-refractivity contribution in [1.29, 1.82) is 0 Å². The number of hydroxylamine groups is 1. The van der Waals surface area contributed by atoms with E-state index in [1.165, 1.54) is 30.3 Å². The van der Waals surface area contributed by atoms with E-state index in [1.54, 1.807) is 29.8 Å². The molecule has 10 heteroatoms. The zero-order valence-corrected chi connectivity index (χ0v) is 20.1. The number of fused-ring (bicyclic) bond motifs is 2. The second kappa shape index (κ2) is 10.9. The maximum absolute atomic E-state index is 13.3. The Bertz CT molecular complexity index is 1530. The molecular weight excluding hydrogens is 488 g/mol. The van der Waals surface area contributed by atoms with Crippen LogP contribution in [0, 0.1) is 0 Å². The molecule has 2 heterocycles. The molecule has 0 fully saturated rings. The molecule has 4 aromatic rings. The lowest BCUT2D eigenvalue weighted by molar-refractivity contribution is -0.123. The summed E-state index contributed by atoms with van der Waals surface area (Å²) < 4.78 is 10.7. The molecule has 0 radical (unpaired) electrons. The summed E-state index contributed by atoms with van der Waals surface area (Å²) >= 11 is 0. The number of carbonyl (C=O) groups excluding carboxylic acids is 3. The summed E-state index contributed by atoms with van der Waals surface area (Å²) in [4.78, 5) is 40.9. The number of aromatic amines is 1. The number of aromatic nitrogens is 1. The number of carbonyl (C=O) groups is 3. The summed E-state index contributed by atoms with van der Waals surface area (Å²) in [5.74, 6) is -0.294. The van der Waals surface area contributed by atoms with Gasteiger partial charge in [0.15, 0.2) is 11.5 Å². The molecule has 1 aliphatic rings. The lowest BCUT2D eigenvalue weighted by Crippen LogP contribution is -2.44. The van der Waals surface area contributed by atoms with Gasteiger partial charge in [-0.05, 0) is 59.7 Å². The van der Waals surface area contributed by atoms with Gasteiger partial charge in [-0.3, -0.25) is 19.6 Å². The van der Waals surface area contributed by atoms with Gasteiger partial charge in [0.1, 0.15) is 6.04 Å². The van der Waals surface area contributed by atoms with Crippen LogP contribution in [0.4, 0.5) is 5.69 Å². The van der Waals surface area contributed by atoms with Crippen molar-refractivity contribution in [1.82, 2.24) is 15.8 Å². The van der Waals surface area contributed by atoms with Gasteiger partial charge in [-0.1, -0.05) is 24.3 Å². The molecule has 192 valence electrons. The van der Waals surface area contributed by atoms with Crippen LogP contribution >= 0.6 is 0 Å². The van der Waals surface area contributed by atoms with Crippen molar-refractivity contribution in [2.45, 2.75) is 12.5 Å². The van der Waals surface area contributed by atoms with Gasteiger partial charge in [0.05, 0.1) is 0 Å². The maximum atomic E-state index is 13.3. The highest BCUT2D eigenvalue weighted by atomic mass is 16.7. The van der Waals surface area contributed by atoms with Crippen LogP contribution in [-0.2, 0) is 16.0 Å². The smallest absolute Gasteiger partial charge is 0.274 e. The van der Waals surface area contributed by atoms with Crippen LogP contribution in [-0.4, -0.2) is 40.7 Å². The largest absolute Gasteiger partial charge is 0.454 e. The number of amides is 3. The topological polar surface area (TPSA) is 142 Å². The van der Waals surface area contributed by atoms with E-state index in [1.807, 2.05) is 30.5 Å². The minimum atomic E-state index is -0.900. The highest BCUT2D eigenvalue weighted by Gasteiger charge is 2.22. The Labute approximate surface area is 217 Å². The number of ether oxygens (including phenoxy) is 2. The van der Waals surface area contributed by atoms with Gasteiger partial charge < -0.3 is 25.1 Å². The van der Waals surface area contributed by atoms with Gasteiger partial charge >= 0.3 is 0 Å². The van der Waals surface area contributed by atoms with Gasteiger partial charge in [0.25, 0.3) is 5.91 Å². The van der Waals surface area contributed by atoms with E-state index >= 15 is 0 Å². The fourth-order valence-corrected chi connectivity index (χ4v) is 4.14. The molecule has 1 aliphatic heterocycles. The molecule has 1 aromatic heterocycles. The Kier molecular flexibility index (Phi) is 7.05. The van der Waals surface area contributed by atoms with Crippen LogP contribution in [0.25, 0.3) is 17.0 Å². The van der Waals surface area contributed by atoms with Crippen molar-refractivity contribution in [3.63, 3.8) is 0 Å². The molecule has 3 amide bonds. The molecule has 5 rings (SSSR count). The third-order valence-electron chi connectivity index (χ3n) is 6.07. The van der Waals surface area contributed by atoms with Crippen molar-refractivity contribution >= 4 is 40.4 Å². The minimum Gasteiger partial charge on any atom is -0.454 e. The number of nitrogens with one attached hydrogen (secondary N) is 4. The molecule has 0 unspecified atom stereocenters. The third-order valence-corrected chi connectivity index (χ3v) is 6.07. The van der Waals surface area contributed by atoms with Crippen molar-refractivity contribution in [2.24, 2.45) is 0 Å². The van der Waals surface area contributed by atoms with Crippen molar-refractivity contribution < 1.29 is 29.1 Å². The molecule has 10 nitrogen and oxygen atoms in total. The average molecular weight is 513 g/mol. The first kappa shape index (κ1) is 24.6. The minimum absolute atomic E-state index is 0.158. The van der Waals surface area contributed by atoms with Crippen LogP contribution in [0.3, 0.4) is 0 Å². The number of hydrogen-bond donors (Lipinski definition) is 5. The summed E-state index contributed by atoms with van der Waals surface area (Å²) in [5.41, 5.74) is 4.75. The first-order valence-electron chi connectivity index (χ1n) is 11.8. The number of benzene rings is 3. The van der Waals surface area contributed by atoms with Crippen LogP contribution in [0.5, 0.6) is 11.5 Å². The molecule has 38 heavy (non-hydrogen) atoms. The number of para-hydroxylation sites is 1. The second-order valence-corrected chi connectivity index (χ2v) is 8.58. The van der Waals surface area contributed by atoms with Crippen LogP contribution in [0.15, 0.2) is 79.0 Å². The van der Waals surface area contributed by atoms with Gasteiger partial charge in [-0.15, -0.1) is 0 Å². The summed E-state index contributed by atoms with van der Waals surface area (Å²) in [6.45, 7) is 0.158. The van der Waals surface area contributed by atoms with E-state index in [0.29, 0.717) is 17.2 Å². The maximum Gasteiger partial charge on any atom is 0.274 e. The number of H-pyrrole nitrogens is 1. The standard InChI is InChI=1S/C28H24N4O6/c33-26(12-6-17-5-11-24-25(13-17)38-16-37-24)31-23(14-19-15-29-22-4-2-1-3-21(19)22)28(35)30-20-9-7-18(8-10-20)27(34)32-36/h1-13,15,23,29,36H,14,16H2,(H,30,35)(H,31,33)(H,32,34)/b12-6+/t23-/m0/s1. The van der Waals surface area contributed by atoms with Gasteiger partial charge in [0.2, 0.25) is 18.6 Å². The molecule has 0 spiro atoms. The van der Waals surface area contributed by atoms with E-state index in [-0.39, 0.29) is 18.8 Å². The van der Waals surface area contributed by atoms with Crippen LogP contribution < -0.4 is 25.6 Å². The fraction of sp³-hybridized carbons (Fsp3) is 0.107. The highest BCUT2D eigenvalue weighted by molar-refractivity contribution is 6.01. The van der Waals surface area contributed by atoms with Gasteiger partial charge in [-0.2, -0.15) is 0 Å². The third kappa shape index (κ3) is 5.50. The molecule has 0 saturated heterocycles. The van der Waals surface area contributed by atoms with Crippen LogP contribution in [0.2, 0.25) is 0 Å². The van der Waals surface area contributed by atoms with E-state index in [0.717, 1.165) is 22.0 Å². The van der Waals surface area contributed by atoms with Crippen LogP contribution in [0.1, 0.15) is 21.5 Å². The van der Waals surface area contributed by atoms with Crippen molar-refractivity contribution in [3.8, 4) is 11.5 Å². The fourth-order valence-electron chi connectivity index (χ4n) is 4.14. The average Bonchev–Trinajstić information content (AvgIpc) is 3.58. The predicted molar refractivity (Wildman–Crippen MR) is 140 cm³/mol. The lowest BCUT2D eigenvalue weighted by atomic mass is 10.0. The Hall–Kier alpha value is -5.09. The monoisotopic (exact) mass is 512 g/mol.